The molecular weight excluding hydrogens is 388 g/mol. The molecule has 1 atom stereocenters. The van der Waals surface area contributed by atoms with Gasteiger partial charge >= 0.3 is 5.97 Å². The van der Waals surface area contributed by atoms with Gasteiger partial charge in [0.1, 0.15) is 6.04 Å². The van der Waals surface area contributed by atoms with Gasteiger partial charge in [-0.3, -0.25) is 9.59 Å². The predicted molar refractivity (Wildman–Crippen MR) is 113 cm³/mol. The van der Waals surface area contributed by atoms with Crippen LogP contribution in [-0.4, -0.2) is 41.9 Å². The van der Waals surface area contributed by atoms with E-state index in [4.69, 9.17) is 4.74 Å². The van der Waals surface area contributed by atoms with Crippen molar-refractivity contribution in [2.45, 2.75) is 45.1 Å². The van der Waals surface area contributed by atoms with Crippen LogP contribution in [0.2, 0.25) is 0 Å². The third-order valence-electron chi connectivity index (χ3n) is 4.92. The van der Waals surface area contributed by atoms with Gasteiger partial charge in [-0.25, -0.2) is 4.79 Å². The fourth-order valence-electron chi connectivity index (χ4n) is 3.30. The minimum Gasteiger partial charge on any atom is -0.462 e. The monoisotopic (exact) mass is 414 g/mol. The zero-order valence-electron chi connectivity index (χ0n) is 16.6. The number of thiophene rings is 1. The first-order valence-electron chi connectivity index (χ1n) is 10.0. The Morgan fingerprint density at radius 2 is 1.97 bits per heavy atom. The number of nitrogens with one attached hydrogen (secondary N) is 1. The average Bonchev–Trinajstić information content (AvgIpc) is 3.29. The summed E-state index contributed by atoms with van der Waals surface area (Å²) < 4.78 is 5.19. The number of esters is 1. The summed E-state index contributed by atoms with van der Waals surface area (Å²) in [6.45, 7) is 3.02. The normalized spacial score (nSPS) is 16.3. The summed E-state index contributed by atoms with van der Waals surface area (Å²) in [7, 11) is 0. The first kappa shape index (κ1) is 21.0. The summed E-state index contributed by atoms with van der Waals surface area (Å²) in [5.41, 5.74) is 1.04. The van der Waals surface area contributed by atoms with Crippen molar-refractivity contribution in [1.29, 1.82) is 0 Å². The van der Waals surface area contributed by atoms with Gasteiger partial charge in [0.15, 0.2) is 0 Å². The van der Waals surface area contributed by atoms with E-state index in [0.29, 0.717) is 35.7 Å². The van der Waals surface area contributed by atoms with Gasteiger partial charge in [-0.1, -0.05) is 19.4 Å². The van der Waals surface area contributed by atoms with Gasteiger partial charge < -0.3 is 15.0 Å². The van der Waals surface area contributed by atoms with Crippen molar-refractivity contribution in [2.24, 2.45) is 0 Å². The highest BCUT2D eigenvalue weighted by Gasteiger charge is 2.33. The number of unbranched alkanes of at least 4 members (excludes halogenated alkanes) is 1. The van der Waals surface area contributed by atoms with E-state index in [0.717, 1.165) is 25.7 Å². The van der Waals surface area contributed by atoms with E-state index < -0.39 is 6.04 Å². The number of hydrogen-bond acceptors (Lipinski definition) is 5. The lowest BCUT2D eigenvalue weighted by Crippen LogP contribution is -2.49. The van der Waals surface area contributed by atoms with Gasteiger partial charge in [0.05, 0.1) is 17.0 Å². The van der Waals surface area contributed by atoms with Crippen LogP contribution in [0, 0.1) is 0 Å². The van der Waals surface area contributed by atoms with E-state index in [1.165, 1.54) is 11.3 Å². The maximum atomic E-state index is 12.9. The maximum absolute atomic E-state index is 12.9. The Labute approximate surface area is 174 Å². The fourth-order valence-corrected chi connectivity index (χ4v) is 3.98. The van der Waals surface area contributed by atoms with Crippen LogP contribution in [0.5, 0.6) is 0 Å². The number of ether oxygens (including phenoxy) is 1. The second-order valence-electron chi connectivity index (χ2n) is 7.04. The number of amides is 2. The van der Waals surface area contributed by atoms with E-state index in [-0.39, 0.29) is 17.8 Å². The maximum Gasteiger partial charge on any atom is 0.338 e. The van der Waals surface area contributed by atoms with Crippen molar-refractivity contribution in [2.75, 3.05) is 18.5 Å². The summed E-state index contributed by atoms with van der Waals surface area (Å²) in [5, 5.41) is 4.74. The zero-order chi connectivity index (χ0) is 20.6. The average molecular weight is 415 g/mol. The summed E-state index contributed by atoms with van der Waals surface area (Å²) in [6, 6.07) is 9.78. The Morgan fingerprint density at radius 1 is 1.17 bits per heavy atom. The van der Waals surface area contributed by atoms with Crippen LogP contribution in [0.1, 0.15) is 59.1 Å². The number of nitrogens with zero attached hydrogens (tertiary/aromatic N) is 1. The highest BCUT2D eigenvalue weighted by atomic mass is 32.1. The van der Waals surface area contributed by atoms with Crippen molar-refractivity contribution in [3.05, 3.63) is 52.2 Å². The molecule has 2 aromatic rings. The van der Waals surface area contributed by atoms with Crippen LogP contribution in [0.15, 0.2) is 41.8 Å². The largest absolute Gasteiger partial charge is 0.462 e. The molecule has 0 bridgehead atoms. The van der Waals surface area contributed by atoms with Crippen LogP contribution >= 0.6 is 11.3 Å². The lowest BCUT2D eigenvalue weighted by molar-refractivity contribution is -0.121. The molecule has 0 radical (unpaired) electrons. The molecule has 3 rings (SSSR count). The predicted octanol–water partition coefficient (Wildman–Crippen LogP) is 4.34. The summed E-state index contributed by atoms with van der Waals surface area (Å²) in [4.78, 5) is 39.9. The Bertz CT molecular complexity index is 833. The Hall–Kier alpha value is -2.67. The van der Waals surface area contributed by atoms with E-state index >= 15 is 0 Å². The first-order valence-corrected chi connectivity index (χ1v) is 10.9. The van der Waals surface area contributed by atoms with Gasteiger partial charge in [-0.2, -0.15) is 0 Å². The molecule has 1 fully saturated rings. The molecule has 6 nitrogen and oxygen atoms in total. The van der Waals surface area contributed by atoms with Crippen molar-refractivity contribution >= 4 is 34.8 Å². The highest BCUT2D eigenvalue weighted by Crippen LogP contribution is 2.23. The molecule has 7 heteroatoms. The lowest BCUT2D eigenvalue weighted by atomic mass is 10.0. The number of carbonyl (C=O) groups excluding carboxylic acids is 3. The molecule has 1 aromatic carbocycles. The van der Waals surface area contributed by atoms with Crippen LogP contribution in [0.25, 0.3) is 0 Å². The minimum absolute atomic E-state index is 0.0926. The molecule has 2 heterocycles. The molecule has 154 valence electrons. The SMILES string of the molecule is CCCCOC(=O)c1ccc(NC(=O)C2CCCCN2C(=O)c2cccs2)cc1. The van der Waals surface area contributed by atoms with E-state index in [1.54, 1.807) is 35.2 Å². The van der Waals surface area contributed by atoms with Crippen molar-refractivity contribution in [1.82, 2.24) is 4.90 Å². The second-order valence-corrected chi connectivity index (χ2v) is 7.99. The van der Waals surface area contributed by atoms with Crippen molar-refractivity contribution in [3.63, 3.8) is 0 Å². The topological polar surface area (TPSA) is 75.7 Å². The van der Waals surface area contributed by atoms with Gasteiger partial charge in [0, 0.05) is 12.2 Å². The van der Waals surface area contributed by atoms with E-state index in [9.17, 15) is 14.4 Å². The van der Waals surface area contributed by atoms with E-state index in [1.807, 2.05) is 18.4 Å². The minimum atomic E-state index is -0.489. The van der Waals surface area contributed by atoms with Crippen LogP contribution in [-0.2, 0) is 9.53 Å². The number of rotatable bonds is 7. The van der Waals surface area contributed by atoms with Gasteiger partial charge in [-0.15, -0.1) is 11.3 Å². The third kappa shape index (κ3) is 5.44. The van der Waals surface area contributed by atoms with Gasteiger partial charge in [0.25, 0.3) is 5.91 Å². The standard InChI is InChI=1S/C22H26N2O4S/c1-2-3-14-28-22(27)16-9-11-17(12-10-16)23-20(25)18-7-4-5-13-24(18)21(26)19-8-6-15-29-19/h6,8-12,15,18H,2-5,7,13-14H2,1H3,(H,23,25). The number of piperidine rings is 1. The Kier molecular flexibility index (Phi) is 7.41. The number of carbonyl (C=O) groups is 3. The van der Waals surface area contributed by atoms with Crippen LogP contribution in [0.3, 0.4) is 0 Å². The summed E-state index contributed by atoms with van der Waals surface area (Å²) in [6.07, 6.45) is 4.25. The number of anilines is 1. The molecule has 2 amide bonds. The van der Waals surface area contributed by atoms with Gasteiger partial charge in [-0.05, 0) is 61.4 Å². The second kappa shape index (κ2) is 10.2. The highest BCUT2D eigenvalue weighted by molar-refractivity contribution is 7.12. The molecule has 1 aliphatic rings. The van der Waals surface area contributed by atoms with Gasteiger partial charge in [0.2, 0.25) is 5.91 Å². The molecule has 1 aliphatic heterocycles. The van der Waals surface area contributed by atoms with Crippen LogP contribution in [0.4, 0.5) is 5.69 Å². The van der Waals surface area contributed by atoms with Crippen LogP contribution < -0.4 is 5.32 Å². The fraction of sp³-hybridized carbons (Fsp3) is 0.409. The summed E-state index contributed by atoms with van der Waals surface area (Å²) >= 11 is 1.39. The molecule has 29 heavy (non-hydrogen) atoms. The quantitative estimate of drug-likeness (QED) is 0.540. The zero-order valence-corrected chi connectivity index (χ0v) is 17.4. The van der Waals surface area contributed by atoms with Crippen molar-refractivity contribution in [3.8, 4) is 0 Å². The van der Waals surface area contributed by atoms with E-state index in [2.05, 4.69) is 5.32 Å². The molecule has 1 N–H and O–H groups in total. The molecular formula is C22H26N2O4S. The molecule has 0 saturated carbocycles. The summed E-state index contributed by atoms with van der Waals surface area (Å²) in [5.74, 6) is -0.658. The Morgan fingerprint density at radius 3 is 2.66 bits per heavy atom. The number of hydrogen-bond donors (Lipinski definition) is 1. The molecule has 0 aliphatic carbocycles. The Balaban J connectivity index is 1.62. The first-order chi connectivity index (χ1) is 14.1. The molecule has 0 spiro atoms. The lowest BCUT2D eigenvalue weighted by Gasteiger charge is -2.34. The smallest absolute Gasteiger partial charge is 0.338 e. The third-order valence-corrected chi connectivity index (χ3v) is 5.78. The van der Waals surface area contributed by atoms with Crippen molar-refractivity contribution < 1.29 is 19.1 Å². The molecule has 1 aromatic heterocycles. The molecule has 1 unspecified atom stereocenters. The number of benzene rings is 1. The molecule has 1 saturated heterocycles. The number of likely N-dealkylation sites (tertiary alicyclic amines) is 1.